The van der Waals surface area contributed by atoms with Gasteiger partial charge in [-0.1, -0.05) is 24.3 Å². The Balaban J connectivity index is 0.00000144. The summed E-state index contributed by atoms with van der Waals surface area (Å²) in [4.78, 5) is 16.9. The van der Waals surface area contributed by atoms with Crippen molar-refractivity contribution in [1.82, 2.24) is 15.6 Å². The van der Waals surface area contributed by atoms with Gasteiger partial charge in [0.1, 0.15) is 0 Å². The Bertz CT molecular complexity index is 667. The van der Waals surface area contributed by atoms with Crippen molar-refractivity contribution in [3.05, 3.63) is 42.1 Å². The van der Waals surface area contributed by atoms with E-state index in [2.05, 4.69) is 33.8 Å². The minimum absolute atomic E-state index is 0. The highest BCUT2D eigenvalue weighted by Crippen LogP contribution is 2.25. The van der Waals surface area contributed by atoms with Gasteiger partial charge in [-0.15, -0.1) is 24.8 Å². The van der Waals surface area contributed by atoms with Crippen molar-refractivity contribution in [3.8, 4) is 0 Å². The van der Waals surface area contributed by atoms with Crippen LogP contribution in [0.25, 0.3) is 10.9 Å². The van der Waals surface area contributed by atoms with Crippen LogP contribution in [0.2, 0.25) is 0 Å². The average molecular weight is 370 g/mol. The number of nitrogens with one attached hydrogen (secondary N) is 2. The van der Waals surface area contributed by atoms with Crippen molar-refractivity contribution >= 4 is 41.6 Å². The van der Waals surface area contributed by atoms with Crippen LogP contribution in [0.4, 0.5) is 0 Å². The van der Waals surface area contributed by atoms with Crippen molar-refractivity contribution in [1.29, 1.82) is 0 Å². The Morgan fingerprint density at radius 3 is 2.83 bits per heavy atom. The van der Waals surface area contributed by atoms with Gasteiger partial charge in [-0.25, -0.2) is 0 Å². The van der Waals surface area contributed by atoms with Crippen molar-refractivity contribution in [3.63, 3.8) is 0 Å². The molecular formula is C18H25Cl2N3O. The third kappa shape index (κ3) is 4.59. The van der Waals surface area contributed by atoms with Crippen LogP contribution in [0.3, 0.4) is 0 Å². The predicted molar refractivity (Wildman–Crippen MR) is 103 cm³/mol. The summed E-state index contributed by atoms with van der Waals surface area (Å²) < 4.78 is 0. The molecule has 1 atom stereocenters. The van der Waals surface area contributed by atoms with Crippen LogP contribution in [-0.2, 0) is 11.2 Å². The smallest absolute Gasteiger partial charge is 0.227 e. The molecule has 0 spiro atoms. The fourth-order valence-electron chi connectivity index (χ4n) is 3.14. The fourth-order valence-corrected chi connectivity index (χ4v) is 3.14. The van der Waals surface area contributed by atoms with Crippen LogP contribution in [0.1, 0.15) is 25.3 Å². The molecule has 6 heteroatoms. The summed E-state index contributed by atoms with van der Waals surface area (Å²) in [6.45, 7) is 4.50. The zero-order valence-electron chi connectivity index (χ0n) is 13.9. The second-order valence-corrected chi connectivity index (χ2v) is 6.34. The SMILES string of the molecule is CC1(C(=O)NCCc2cccc3cccnc23)CCCNC1.Cl.Cl. The number of aromatic nitrogens is 1. The molecule has 132 valence electrons. The number of carbonyl (C=O) groups excluding carboxylic acids is 1. The molecule has 1 aliphatic rings. The molecule has 0 aliphatic carbocycles. The van der Waals surface area contributed by atoms with Crippen LogP contribution in [-0.4, -0.2) is 30.5 Å². The number of amides is 1. The number of hydrogen-bond acceptors (Lipinski definition) is 3. The number of rotatable bonds is 4. The first kappa shape index (κ1) is 20.7. The monoisotopic (exact) mass is 369 g/mol. The molecule has 1 saturated heterocycles. The lowest BCUT2D eigenvalue weighted by Crippen LogP contribution is -2.49. The van der Waals surface area contributed by atoms with E-state index in [-0.39, 0.29) is 36.1 Å². The van der Waals surface area contributed by atoms with E-state index < -0.39 is 0 Å². The summed E-state index contributed by atoms with van der Waals surface area (Å²) in [5.41, 5.74) is 1.95. The first-order chi connectivity index (χ1) is 10.7. The number of para-hydroxylation sites is 1. The van der Waals surface area contributed by atoms with E-state index in [1.807, 2.05) is 25.3 Å². The van der Waals surface area contributed by atoms with Gasteiger partial charge in [0.2, 0.25) is 5.91 Å². The van der Waals surface area contributed by atoms with Crippen molar-refractivity contribution in [2.75, 3.05) is 19.6 Å². The molecule has 1 aromatic carbocycles. The lowest BCUT2D eigenvalue weighted by Gasteiger charge is -2.32. The van der Waals surface area contributed by atoms with Gasteiger partial charge in [0.05, 0.1) is 10.9 Å². The summed E-state index contributed by atoms with van der Waals surface area (Å²) in [5.74, 6) is 0.160. The molecule has 2 aromatic rings. The van der Waals surface area contributed by atoms with Gasteiger partial charge in [-0.3, -0.25) is 9.78 Å². The zero-order valence-corrected chi connectivity index (χ0v) is 15.5. The molecular weight excluding hydrogens is 345 g/mol. The van der Waals surface area contributed by atoms with Gasteiger partial charge >= 0.3 is 0 Å². The quantitative estimate of drug-likeness (QED) is 0.870. The van der Waals surface area contributed by atoms with E-state index >= 15 is 0 Å². The molecule has 1 fully saturated rings. The Morgan fingerprint density at radius 1 is 1.29 bits per heavy atom. The third-order valence-electron chi connectivity index (χ3n) is 4.54. The number of halogens is 2. The Hall–Kier alpha value is -1.36. The van der Waals surface area contributed by atoms with Crippen LogP contribution in [0.5, 0.6) is 0 Å². The highest BCUT2D eigenvalue weighted by molar-refractivity contribution is 5.85. The van der Waals surface area contributed by atoms with Gasteiger partial charge in [0.25, 0.3) is 0 Å². The zero-order chi connectivity index (χ0) is 15.4. The molecule has 0 saturated carbocycles. The van der Waals surface area contributed by atoms with Crippen LogP contribution >= 0.6 is 24.8 Å². The second kappa shape index (κ2) is 9.21. The van der Waals surface area contributed by atoms with E-state index in [0.717, 1.165) is 43.3 Å². The van der Waals surface area contributed by atoms with Gasteiger partial charge in [0, 0.05) is 24.7 Å². The van der Waals surface area contributed by atoms with Crippen LogP contribution in [0, 0.1) is 5.41 Å². The lowest BCUT2D eigenvalue weighted by molar-refractivity contribution is -0.131. The summed E-state index contributed by atoms with van der Waals surface area (Å²) in [5, 5.41) is 7.56. The molecule has 3 rings (SSSR count). The number of pyridine rings is 1. The molecule has 24 heavy (non-hydrogen) atoms. The van der Waals surface area contributed by atoms with E-state index in [4.69, 9.17) is 0 Å². The summed E-state index contributed by atoms with van der Waals surface area (Å²) in [7, 11) is 0. The molecule has 4 nitrogen and oxygen atoms in total. The Kier molecular flexibility index (Phi) is 7.94. The summed E-state index contributed by atoms with van der Waals surface area (Å²) in [6.07, 6.45) is 4.65. The minimum atomic E-state index is -0.269. The third-order valence-corrected chi connectivity index (χ3v) is 4.54. The normalized spacial score (nSPS) is 19.9. The van der Waals surface area contributed by atoms with Gasteiger partial charge in [0.15, 0.2) is 0 Å². The maximum absolute atomic E-state index is 12.4. The highest BCUT2D eigenvalue weighted by atomic mass is 35.5. The molecule has 2 N–H and O–H groups in total. The Morgan fingerprint density at radius 2 is 2.08 bits per heavy atom. The first-order valence-corrected chi connectivity index (χ1v) is 8.01. The fraction of sp³-hybridized carbons (Fsp3) is 0.444. The molecule has 1 amide bonds. The van der Waals surface area contributed by atoms with Crippen LogP contribution in [0.15, 0.2) is 36.5 Å². The topological polar surface area (TPSA) is 54.0 Å². The maximum atomic E-state index is 12.4. The predicted octanol–water partition coefficient (Wildman–Crippen LogP) is 3.13. The van der Waals surface area contributed by atoms with E-state index in [9.17, 15) is 4.79 Å². The van der Waals surface area contributed by atoms with Gasteiger partial charge in [-0.2, -0.15) is 0 Å². The molecule has 0 radical (unpaired) electrons. The van der Waals surface area contributed by atoms with Crippen molar-refractivity contribution in [2.24, 2.45) is 5.41 Å². The number of nitrogens with zero attached hydrogens (tertiary/aromatic N) is 1. The number of fused-ring (bicyclic) bond motifs is 1. The molecule has 1 aliphatic heterocycles. The largest absolute Gasteiger partial charge is 0.355 e. The first-order valence-electron chi connectivity index (χ1n) is 8.01. The average Bonchev–Trinajstić information content (AvgIpc) is 2.55. The van der Waals surface area contributed by atoms with Gasteiger partial charge < -0.3 is 10.6 Å². The lowest BCUT2D eigenvalue weighted by atomic mass is 9.82. The Labute approximate surface area is 155 Å². The standard InChI is InChI=1S/C18H23N3O.2ClH/c1-18(9-4-10-19-13-18)17(22)21-12-8-15-6-2-5-14-7-3-11-20-16(14)15;;/h2-3,5-7,11,19H,4,8-10,12-13H2,1H3,(H,21,22);2*1H. The summed E-state index contributed by atoms with van der Waals surface area (Å²) >= 11 is 0. The minimum Gasteiger partial charge on any atom is -0.355 e. The molecule has 2 heterocycles. The van der Waals surface area contributed by atoms with Crippen molar-refractivity contribution in [2.45, 2.75) is 26.2 Å². The van der Waals surface area contributed by atoms with Gasteiger partial charge in [-0.05, 0) is 44.4 Å². The summed E-state index contributed by atoms with van der Waals surface area (Å²) in [6, 6.07) is 10.2. The molecule has 1 unspecified atom stereocenters. The number of piperidine rings is 1. The van der Waals surface area contributed by atoms with E-state index in [0.29, 0.717) is 6.54 Å². The van der Waals surface area contributed by atoms with E-state index in [1.165, 1.54) is 5.56 Å². The number of carbonyl (C=O) groups is 1. The van der Waals surface area contributed by atoms with E-state index in [1.54, 1.807) is 0 Å². The van der Waals surface area contributed by atoms with Crippen LogP contribution < -0.4 is 10.6 Å². The highest BCUT2D eigenvalue weighted by Gasteiger charge is 2.34. The number of hydrogen-bond donors (Lipinski definition) is 2. The molecule has 0 bridgehead atoms. The molecule has 1 aromatic heterocycles. The maximum Gasteiger partial charge on any atom is 0.227 e. The van der Waals surface area contributed by atoms with Crippen molar-refractivity contribution < 1.29 is 4.79 Å². The second-order valence-electron chi connectivity index (χ2n) is 6.34. The number of benzene rings is 1.